The molecule has 0 aliphatic heterocycles. The van der Waals surface area contributed by atoms with Crippen LogP contribution in [0.3, 0.4) is 0 Å². The van der Waals surface area contributed by atoms with Gasteiger partial charge >= 0.3 is 0 Å². The molecule has 2 rings (SSSR count). The van der Waals surface area contributed by atoms with E-state index < -0.39 is 0 Å². The van der Waals surface area contributed by atoms with Gasteiger partial charge in [0, 0.05) is 0 Å². The Morgan fingerprint density at radius 1 is 0.636 bits per heavy atom. The predicted octanol–water partition coefficient (Wildman–Crippen LogP) is 6.86. The minimum Gasteiger partial charge on any atom is -0.207 e. The minimum absolute atomic E-state index is 0.183. The minimum atomic E-state index is -0.183. The van der Waals surface area contributed by atoms with Gasteiger partial charge in [-0.25, -0.2) is 4.39 Å². The molecule has 0 bridgehead atoms. The summed E-state index contributed by atoms with van der Waals surface area (Å²) in [6.07, 6.45) is 0. The first-order chi connectivity index (χ1) is 10.3. The van der Waals surface area contributed by atoms with Crippen LogP contribution in [0, 0.1) is 5.82 Å². The molecule has 0 saturated heterocycles. The van der Waals surface area contributed by atoms with E-state index in [0.717, 1.165) is 5.56 Å². The fraction of sp³-hybridized carbons (Fsp3) is 0.429. The average Bonchev–Trinajstić information content (AvgIpc) is 2.46. The Morgan fingerprint density at radius 2 is 1.09 bits per heavy atom. The van der Waals surface area contributed by atoms with Crippen LogP contribution in [-0.2, 0) is 0 Å². The maximum absolute atomic E-state index is 13.2. The lowest BCUT2D eigenvalue weighted by atomic mass is 9.82. The summed E-state index contributed by atoms with van der Waals surface area (Å²) in [6.45, 7) is 13.4. The molecule has 0 nitrogen and oxygen atoms in total. The maximum Gasteiger partial charge on any atom is 0.123 e. The molecule has 0 spiro atoms. The normalized spacial score (nSPS) is 11.7. The number of hydrogen-bond donors (Lipinski definition) is 0. The van der Waals surface area contributed by atoms with Gasteiger partial charge in [0.05, 0.1) is 0 Å². The van der Waals surface area contributed by atoms with Gasteiger partial charge in [-0.3, -0.25) is 0 Å². The van der Waals surface area contributed by atoms with Gasteiger partial charge in [-0.05, 0) is 57.7 Å². The smallest absolute Gasteiger partial charge is 0.123 e. The number of rotatable bonds is 4. The molecule has 0 radical (unpaired) electrons. The fourth-order valence-corrected chi connectivity index (χ4v) is 3.01. The van der Waals surface area contributed by atoms with Gasteiger partial charge in [0.1, 0.15) is 5.82 Å². The number of halogens is 1. The Bertz CT molecular complexity index is 634. The zero-order valence-electron chi connectivity index (χ0n) is 14.6. The van der Waals surface area contributed by atoms with Gasteiger partial charge in [-0.1, -0.05) is 65.8 Å². The van der Waals surface area contributed by atoms with Crippen LogP contribution < -0.4 is 0 Å². The van der Waals surface area contributed by atoms with Crippen molar-refractivity contribution in [3.63, 3.8) is 0 Å². The fourth-order valence-electron chi connectivity index (χ4n) is 3.01. The third-order valence-electron chi connectivity index (χ3n) is 4.28. The van der Waals surface area contributed by atoms with Crippen LogP contribution in [0.15, 0.2) is 36.4 Å². The van der Waals surface area contributed by atoms with Gasteiger partial charge in [0.25, 0.3) is 0 Å². The van der Waals surface area contributed by atoms with E-state index in [1.807, 2.05) is 12.1 Å². The molecule has 0 atom stereocenters. The van der Waals surface area contributed by atoms with Gasteiger partial charge in [0.2, 0.25) is 0 Å². The summed E-state index contributed by atoms with van der Waals surface area (Å²) in [6, 6.07) is 11.5. The highest BCUT2D eigenvalue weighted by Gasteiger charge is 2.17. The highest BCUT2D eigenvalue weighted by molar-refractivity contribution is 5.70. The number of hydrogen-bond acceptors (Lipinski definition) is 0. The lowest BCUT2D eigenvalue weighted by molar-refractivity contribution is 0.628. The summed E-state index contributed by atoms with van der Waals surface area (Å²) in [4.78, 5) is 0. The van der Waals surface area contributed by atoms with Crippen molar-refractivity contribution in [3.05, 3.63) is 58.9 Å². The second-order valence-electron chi connectivity index (χ2n) is 7.04. The molecule has 118 valence electrons. The van der Waals surface area contributed by atoms with Crippen LogP contribution >= 0.6 is 0 Å². The zero-order chi connectivity index (χ0) is 16.4. The molecular formula is C21H27F. The SMILES string of the molecule is CC(C)c1cc(C(C)C)c(C(C)C)cc1-c1ccc(F)cc1. The Kier molecular flexibility index (Phi) is 5.05. The summed E-state index contributed by atoms with van der Waals surface area (Å²) < 4.78 is 13.2. The van der Waals surface area contributed by atoms with Crippen molar-refractivity contribution >= 4 is 0 Å². The summed E-state index contributed by atoms with van der Waals surface area (Å²) in [5, 5.41) is 0. The van der Waals surface area contributed by atoms with E-state index in [0.29, 0.717) is 17.8 Å². The molecule has 0 aliphatic carbocycles. The molecular weight excluding hydrogens is 271 g/mol. The van der Waals surface area contributed by atoms with Crippen LogP contribution in [0.1, 0.15) is 76.0 Å². The highest BCUT2D eigenvalue weighted by atomic mass is 19.1. The van der Waals surface area contributed by atoms with Crippen molar-refractivity contribution < 1.29 is 4.39 Å². The first-order valence-electron chi connectivity index (χ1n) is 8.25. The van der Waals surface area contributed by atoms with Gasteiger partial charge in [-0.2, -0.15) is 0 Å². The summed E-state index contributed by atoms with van der Waals surface area (Å²) >= 11 is 0. The van der Waals surface area contributed by atoms with Gasteiger partial charge < -0.3 is 0 Å². The van der Waals surface area contributed by atoms with Crippen molar-refractivity contribution in [2.24, 2.45) is 0 Å². The third-order valence-corrected chi connectivity index (χ3v) is 4.28. The lowest BCUT2D eigenvalue weighted by Gasteiger charge is -2.22. The first-order valence-corrected chi connectivity index (χ1v) is 8.25. The lowest BCUT2D eigenvalue weighted by Crippen LogP contribution is -2.03. The third kappa shape index (κ3) is 3.40. The topological polar surface area (TPSA) is 0 Å². The van der Waals surface area contributed by atoms with E-state index in [-0.39, 0.29) is 5.82 Å². The van der Waals surface area contributed by atoms with E-state index in [9.17, 15) is 4.39 Å². The summed E-state index contributed by atoms with van der Waals surface area (Å²) in [7, 11) is 0. The molecule has 0 N–H and O–H groups in total. The van der Waals surface area contributed by atoms with E-state index >= 15 is 0 Å². The van der Waals surface area contributed by atoms with E-state index in [1.54, 1.807) is 12.1 Å². The van der Waals surface area contributed by atoms with Gasteiger partial charge in [0.15, 0.2) is 0 Å². The molecule has 22 heavy (non-hydrogen) atoms. The molecule has 2 aromatic rings. The molecule has 2 aromatic carbocycles. The molecule has 0 amide bonds. The van der Waals surface area contributed by atoms with E-state index in [1.165, 1.54) is 22.3 Å². The molecule has 0 saturated carbocycles. The van der Waals surface area contributed by atoms with Crippen molar-refractivity contribution in [1.82, 2.24) is 0 Å². The number of benzene rings is 2. The van der Waals surface area contributed by atoms with Crippen LogP contribution in [0.5, 0.6) is 0 Å². The van der Waals surface area contributed by atoms with E-state index in [4.69, 9.17) is 0 Å². The Labute approximate surface area is 134 Å². The zero-order valence-corrected chi connectivity index (χ0v) is 14.6. The van der Waals surface area contributed by atoms with Crippen molar-refractivity contribution in [1.29, 1.82) is 0 Å². The Balaban J connectivity index is 2.70. The van der Waals surface area contributed by atoms with Crippen LogP contribution in [0.2, 0.25) is 0 Å². The summed E-state index contributed by atoms with van der Waals surface area (Å²) in [5.41, 5.74) is 6.52. The van der Waals surface area contributed by atoms with Crippen LogP contribution in [0.4, 0.5) is 4.39 Å². The van der Waals surface area contributed by atoms with Crippen molar-refractivity contribution in [2.45, 2.75) is 59.3 Å². The monoisotopic (exact) mass is 298 g/mol. The predicted molar refractivity (Wildman–Crippen MR) is 94.1 cm³/mol. The molecule has 0 unspecified atom stereocenters. The van der Waals surface area contributed by atoms with Crippen LogP contribution in [-0.4, -0.2) is 0 Å². The molecule has 0 aromatic heterocycles. The molecule has 1 heteroatoms. The second-order valence-corrected chi connectivity index (χ2v) is 7.04. The standard InChI is InChI=1S/C21H27F/c1-13(2)18-11-20(15(5)6)21(12-19(18)14(3)4)16-7-9-17(22)10-8-16/h7-15H,1-6H3. The second kappa shape index (κ2) is 6.64. The molecule has 0 aliphatic rings. The largest absolute Gasteiger partial charge is 0.207 e. The molecule has 0 fully saturated rings. The first kappa shape index (κ1) is 16.7. The maximum atomic E-state index is 13.2. The highest BCUT2D eigenvalue weighted by Crippen LogP contribution is 2.37. The van der Waals surface area contributed by atoms with Crippen LogP contribution in [0.25, 0.3) is 11.1 Å². The van der Waals surface area contributed by atoms with E-state index in [2.05, 4.69) is 53.7 Å². The van der Waals surface area contributed by atoms with Crippen molar-refractivity contribution in [3.8, 4) is 11.1 Å². The summed E-state index contributed by atoms with van der Waals surface area (Å²) in [5.74, 6) is 1.26. The van der Waals surface area contributed by atoms with Crippen molar-refractivity contribution in [2.75, 3.05) is 0 Å². The Morgan fingerprint density at radius 3 is 1.55 bits per heavy atom. The quantitative estimate of drug-likeness (QED) is 0.578. The Hall–Kier alpha value is -1.63. The average molecular weight is 298 g/mol. The molecule has 0 heterocycles. The van der Waals surface area contributed by atoms with Gasteiger partial charge in [-0.15, -0.1) is 0 Å².